The van der Waals surface area contributed by atoms with Gasteiger partial charge in [-0.2, -0.15) is 0 Å². The molecule has 1 aromatic rings. The van der Waals surface area contributed by atoms with E-state index in [1.807, 2.05) is 17.8 Å². The van der Waals surface area contributed by atoms with E-state index in [1.165, 1.54) is 5.56 Å². The van der Waals surface area contributed by atoms with Crippen molar-refractivity contribution in [1.82, 2.24) is 0 Å². The molecule has 0 aromatic heterocycles. The fourth-order valence-corrected chi connectivity index (χ4v) is 3.52. The van der Waals surface area contributed by atoms with Gasteiger partial charge in [0, 0.05) is 10.00 Å². The van der Waals surface area contributed by atoms with E-state index < -0.39 is 0 Å². The van der Waals surface area contributed by atoms with Gasteiger partial charge < -0.3 is 5.11 Å². The summed E-state index contributed by atoms with van der Waals surface area (Å²) < 4.78 is 0.189. The van der Waals surface area contributed by atoms with Crippen molar-refractivity contribution in [1.29, 1.82) is 0 Å². The van der Waals surface area contributed by atoms with Crippen LogP contribution in [-0.2, 0) is 6.42 Å². The fraction of sp³-hybridized carbons (Fsp3) is 0.625. The Kier molecular flexibility index (Phi) is 6.24. The summed E-state index contributed by atoms with van der Waals surface area (Å²) in [5, 5.41) is 10.6. The average Bonchev–Trinajstić information content (AvgIpc) is 2.28. The molecule has 1 nitrogen and oxygen atoms in total. The van der Waals surface area contributed by atoms with Gasteiger partial charge in [-0.15, -0.1) is 11.8 Å². The number of hydrogen-bond donors (Lipinski definition) is 1. The van der Waals surface area contributed by atoms with Gasteiger partial charge in [0.25, 0.3) is 0 Å². The molecule has 0 saturated carbocycles. The van der Waals surface area contributed by atoms with Gasteiger partial charge >= 0.3 is 0 Å². The Labute approximate surface area is 116 Å². The van der Waals surface area contributed by atoms with Gasteiger partial charge in [-0.05, 0) is 18.4 Å². The van der Waals surface area contributed by atoms with Crippen molar-refractivity contribution < 1.29 is 5.11 Å². The van der Waals surface area contributed by atoms with Gasteiger partial charge in [-0.3, -0.25) is 0 Å². The van der Waals surface area contributed by atoms with Crippen LogP contribution in [0.25, 0.3) is 0 Å². The molecule has 1 aromatic carbocycles. The van der Waals surface area contributed by atoms with Crippen LogP contribution in [0.3, 0.4) is 0 Å². The molecule has 0 amide bonds. The van der Waals surface area contributed by atoms with Crippen LogP contribution in [0.15, 0.2) is 30.3 Å². The monoisotopic (exact) mass is 266 g/mol. The third kappa shape index (κ3) is 5.92. The summed E-state index contributed by atoms with van der Waals surface area (Å²) in [7, 11) is 0. The minimum Gasteiger partial charge on any atom is -0.392 e. The highest BCUT2D eigenvalue weighted by atomic mass is 32.2. The van der Waals surface area contributed by atoms with E-state index in [2.05, 4.69) is 52.0 Å². The van der Waals surface area contributed by atoms with Crippen LogP contribution in [0, 0.1) is 0 Å². The predicted molar refractivity (Wildman–Crippen MR) is 82.2 cm³/mol. The number of thioether (sulfide) groups is 1. The summed E-state index contributed by atoms with van der Waals surface area (Å²) in [6.45, 7) is 8.78. The Morgan fingerprint density at radius 1 is 1.17 bits per heavy atom. The molecule has 0 radical (unpaired) electrons. The van der Waals surface area contributed by atoms with Crippen LogP contribution >= 0.6 is 11.8 Å². The van der Waals surface area contributed by atoms with E-state index in [0.29, 0.717) is 0 Å². The predicted octanol–water partition coefficient (Wildman–Crippen LogP) is 4.29. The van der Waals surface area contributed by atoms with Gasteiger partial charge in [-0.25, -0.2) is 0 Å². The first-order valence-corrected chi connectivity index (χ1v) is 7.70. The summed E-state index contributed by atoms with van der Waals surface area (Å²) in [6, 6.07) is 10.5. The lowest BCUT2D eigenvalue weighted by Gasteiger charge is -2.29. The fourth-order valence-electron chi connectivity index (χ4n) is 2.04. The van der Waals surface area contributed by atoms with Crippen molar-refractivity contribution in [2.24, 2.45) is 0 Å². The minimum atomic E-state index is -0.209. The van der Waals surface area contributed by atoms with Crippen molar-refractivity contribution in [2.75, 3.05) is 0 Å². The molecule has 0 aliphatic heterocycles. The molecule has 102 valence electrons. The summed E-state index contributed by atoms with van der Waals surface area (Å²) in [5.41, 5.74) is 1.31. The van der Waals surface area contributed by atoms with Gasteiger partial charge in [0.05, 0.1) is 6.10 Å². The molecule has 0 saturated heterocycles. The molecule has 0 bridgehead atoms. The van der Waals surface area contributed by atoms with Crippen LogP contribution in [0.2, 0.25) is 0 Å². The first-order chi connectivity index (χ1) is 8.42. The first kappa shape index (κ1) is 15.6. The lowest BCUT2D eigenvalue weighted by molar-refractivity contribution is 0.159. The molecule has 0 spiro atoms. The maximum atomic E-state index is 10.3. The highest BCUT2D eigenvalue weighted by molar-refractivity contribution is 8.01. The number of benzene rings is 1. The first-order valence-electron chi connectivity index (χ1n) is 6.82. The van der Waals surface area contributed by atoms with E-state index in [9.17, 15) is 5.11 Å². The third-order valence-corrected chi connectivity index (χ3v) is 4.29. The van der Waals surface area contributed by atoms with E-state index in [0.717, 1.165) is 19.3 Å². The van der Waals surface area contributed by atoms with Crippen molar-refractivity contribution in [3.05, 3.63) is 35.9 Å². The Morgan fingerprint density at radius 2 is 1.78 bits per heavy atom. The Balaban J connectivity index is 2.71. The zero-order chi connectivity index (χ0) is 13.6. The summed E-state index contributed by atoms with van der Waals surface area (Å²) >= 11 is 1.89. The number of hydrogen-bond acceptors (Lipinski definition) is 2. The second kappa shape index (κ2) is 7.20. The standard InChI is InChI=1S/C16H26OS/c1-5-9-14(17)15(18-16(2,3)4)12-13-10-7-6-8-11-13/h6-8,10-11,14-15,17H,5,9,12H2,1-4H3/t14-,15+/m1/s1. The molecule has 0 unspecified atom stereocenters. The van der Waals surface area contributed by atoms with Crippen molar-refractivity contribution in [3.8, 4) is 0 Å². The van der Waals surface area contributed by atoms with Crippen LogP contribution in [-0.4, -0.2) is 21.2 Å². The second-order valence-electron chi connectivity index (χ2n) is 5.81. The van der Waals surface area contributed by atoms with Gasteiger partial charge in [-0.1, -0.05) is 64.4 Å². The maximum Gasteiger partial charge on any atom is 0.0662 e. The van der Waals surface area contributed by atoms with Gasteiger partial charge in [0.2, 0.25) is 0 Å². The summed E-state index contributed by atoms with van der Waals surface area (Å²) in [4.78, 5) is 0. The summed E-state index contributed by atoms with van der Waals surface area (Å²) in [5.74, 6) is 0. The van der Waals surface area contributed by atoms with E-state index in [4.69, 9.17) is 0 Å². The molecule has 1 rings (SSSR count). The lowest BCUT2D eigenvalue weighted by Crippen LogP contribution is -2.29. The van der Waals surface area contributed by atoms with Crippen molar-refractivity contribution in [3.63, 3.8) is 0 Å². The lowest BCUT2D eigenvalue weighted by atomic mass is 10.0. The Hall–Kier alpha value is -0.470. The maximum absolute atomic E-state index is 10.3. The molecule has 18 heavy (non-hydrogen) atoms. The smallest absolute Gasteiger partial charge is 0.0662 e. The highest BCUT2D eigenvalue weighted by Gasteiger charge is 2.25. The second-order valence-corrected chi connectivity index (χ2v) is 7.88. The molecule has 0 aliphatic rings. The molecule has 2 atom stereocenters. The Morgan fingerprint density at radius 3 is 2.28 bits per heavy atom. The molecular weight excluding hydrogens is 240 g/mol. The molecule has 1 N–H and O–H groups in total. The van der Waals surface area contributed by atoms with Crippen molar-refractivity contribution >= 4 is 11.8 Å². The molecule has 0 aliphatic carbocycles. The van der Waals surface area contributed by atoms with E-state index in [1.54, 1.807) is 0 Å². The Bertz CT molecular complexity index is 329. The van der Waals surface area contributed by atoms with Gasteiger partial charge in [0.1, 0.15) is 0 Å². The molecule has 2 heteroatoms. The normalized spacial score (nSPS) is 15.4. The average molecular weight is 266 g/mol. The SMILES string of the molecule is CCC[C@@H](O)[C@H](Cc1ccccc1)SC(C)(C)C. The van der Waals surface area contributed by atoms with Crippen LogP contribution < -0.4 is 0 Å². The number of aliphatic hydroxyl groups is 1. The summed E-state index contributed by atoms with van der Waals surface area (Å²) in [6.07, 6.45) is 2.67. The third-order valence-electron chi connectivity index (χ3n) is 2.80. The topological polar surface area (TPSA) is 20.2 Å². The van der Waals surface area contributed by atoms with Crippen LogP contribution in [0.5, 0.6) is 0 Å². The van der Waals surface area contributed by atoms with E-state index in [-0.39, 0.29) is 16.1 Å². The highest BCUT2D eigenvalue weighted by Crippen LogP contribution is 2.33. The zero-order valence-electron chi connectivity index (χ0n) is 12.0. The largest absolute Gasteiger partial charge is 0.392 e. The van der Waals surface area contributed by atoms with Crippen LogP contribution in [0.1, 0.15) is 46.1 Å². The molecule has 0 fully saturated rings. The quantitative estimate of drug-likeness (QED) is 0.829. The number of rotatable bonds is 6. The zero-order valence-corrected chi connectivity index (χ0v) is 12.8. The minimum absolute atomic E-state index is 0.189. The number of aliphatic hydroxyl groups excluding tert-OH is 1. The van der Waals surface area contributed by atoms with Gasteiger partial charge in [0.15, 0.2) is 0 Å². The molecule has 0 heterocycles. The van der Waals surface area contributed by atoms with Crippen molar-refractivity contribution in [2.45, 2.75) is 63.1 Å². The molecular formula is C16H26OS. The van der Waals surface area contributed by atoms with Crippen LogP contribution in [0.4, 0.5) is 0 Å². The van der Waals surface area contributed by atoms with E-state index >= 15 is 0 Å².